The molecule has 3 aromatic carbocycles. The Kier molecular flexibility index (Phi) is 3.80. The Bertz CT molecular complexity index is 683. The Balaban J connectivity index is 1.99. The van der Waals surface area contributed by atoms with Crippen molar-refractivity contribution in [3.05, 3.63) is 83.9 Å². The Labute approximate surface area is 120 Å². The number of rotatable bonds is 4. The maximum absolute atomic E-state index is 6.04. The van der Waals surface area contributed by atoms with Crippen LogP contribution in [0.1, 0.15) is 17.0 Å². The van der Waals surface area contributed by atoms with E-state index < -0.39 is 0 Å². The summed E-state index contributed by atoms with van der Waals surface area (Å²) in [7, 11) is 0. The molecule has 0 heterocycles. The van der Waals surface area contributed by atoms with Crippen molar-refractivity contribution >= 4 is 10.8 Å². The topological polar surface area (TPSA) is 26.0 Å². The van der Waals surface area contributed by atoms with Crippen molar-refractivity contribution in [1.29, 1.82) is 0 Å². The van der Waals surface area contributed by atoms with Crippen LogP contribution in [0.25, 0.3) is 10.8 Å². The molecule has 3 rings (SSSR count). The van der Waals surface area contributed by atoms with Gasteiger partial charge in [0.1, 0.15) is 0 Å². The molecule has 0 aromatic heterocycles. The van der Waals surface area contributed by atoms with Crippen molar-refractivity contribution in [2.75, 3.05) is 6.54 Å². The summed E-state index contributed by atoms with van der Waals surface area (Å²) in [6, 6.07) is 25.6. The molecule has 0 aliphatic rings. The molecule has 1 atom stereocenters. The van der Waals surface area contributed by atoms with Crippen LogP contribution in [0.4, 0.5) is 0 Å². The van der Waals surface area contributed by atoms with Crippen molar-refractivity contribution in [2.45, 2.75) is 12.3 Å². The van der Waals surface area contributed by atoms with E-state index in [4.69, 9.17) is 5.73 Å². The minimum Gasteiger partial charge on any atom is -0.330 e. The third kappa shape index (κ3) is 2.59. The highest BCUT2D eigenvalue weighted by Crippen LogP contribution is 2.27. The summed E-state index contributed by atoms with van der Waals surface area (Å²) in [5, 5.41) is 2.61. The first-order valence-corrected chi connectivity index (χ1v) is 7.10. The molecule has 3 aromatic rings. The highest BCUT2D eigenvalue weighted by Gasteiger charge is 2.13. The summed E-state index contributed by atoms with van der Waals surface area (Å²) in [6.07, 6.45) is 0.991. The SMILES string of the molecule is NCC(Cc1ccccc1)c1cccc2ccccc12. The van der Waals surface area contributed by atoms with E-state index >= 15 is 0 Å². The van der Waals surface area contributed by atoms with Gasteiger partial charge in [-0.1, -0.05) is 72.8 Å². The molecule has 100 valence electrons. The zero-order valence-corrected chi connectivity index (χ0v) is 11.5. The smallest absolute Gasteiger partial charge is 0.000772 e. The first-order chi connectivity index (χ1) is 9.88. The fourth-order valence-corrected chi connectivity index (χ4v) is 2.83. The quantitative estimate of drug-likeness (QED) is 0.751. The summed E-state index contributed by atoms with van der Waals surface area (Å²) in [5.41, 5.74) is 8.74. The molecule has 0 spiro atoms. The number of benzene rings is 3. The van der Waals surface area contributed by atoms with Crippen LogP contribution in [0.2, 0.25) is 0 Å². The molecule has 0 saturated heterocycles. The van der Waals surface area contributed by atoms with Crippen LogP contribution in [0, 0.1) is 0 Å². The molecule has 0 radical (unpaired) electrons. The first-order valence-electron chi connectivity index (χ1n) is 7.10. The fraction of sp³-hybridized carbons (Fsp3) is 0.158. The largest absolute Gasteiger partial charge is 0.330 e. The van der Waals surface area contributed by atoms with Crippen molar-refractivity contribution in [2.24, 2.45) is 5.73 Å². The van der Waals surface area contributed by atoms with Gasteiger partial charge in [-0.3, -0.25) is 0 Å². The van der Waals surface area contributed by atoms with E-state index in [0.717, 1.165) is 6.42 Å². The van der Waals surface area contributed by atoms with Crippen molar-refractivity contribution < 1.29 is 0 Å². The number of hydrogen-bond donors (Lipinski definition) is 1. The Hall–Kier alpha value is -2.12. The lowest BCUT2D eigenvalue weighted by Crippen LogP contribution is -2.15. The second-order valence-corrected chi connectivity index (χ2v) is 5.19. The van der Waals surface area contributed by atoms with Gasteiger partial charge in [0.2, 0.25) is 0 Å². The average molecular weight is 261 g/mol. The minimum absolute atomic E-state index is 0.364. The fourth-order valence-electron chi connectivity index (χ4n) is 2.83. The molecule has 0 bridgehead atoms. The van der Waals surface area contributed by atoms with Gasteiger partial charge < -0.3 is 5.73 Å². The van der Waals surface area contributed by atoms with E-state index in [2.05, 4.69) is 72.8 Å². The second kappa shape index (κ2) is 5.89. The lowest BCUT2D eigenvalue weighted by atomic mass is 9.88. The van der Waals surface area contributed by atoms with E-state index in [1.165, 1.54) is 21.9 Å². The van der Waals surface area contributed by atoms with Crippen molar-refractivity contribution in [3.8, 4) is 0 Å². The maximum atomic E-state index is 6.04. The zero-order valence-electron chi connectivity index (χ0n) is 11.5. The van der Waals surface area contributed by atoms with Crippen LogP contribution in [-0.2, 0) is 6.42 Å². The summed E-state index contributed by atoms with van der Waals surface area (Å²) < 4.78 is 0. The summed E-state index contributed by atoms with van der Waals surface area (Å²) in [5.74, 6) is 0.364. The van der Waals surface area contributed by atoms with Gasteiger partial charge in [-0.15, -0.1) is 0 Å². The first kappa shape index (κ1) is 12.9. The lowest BCUT2D eigenvalue weighted by molar-refractivity contribution is 0.700. The highest BCUT2D eigenvalue weighted by molar-refractivity contribution is 5.86. The Morgan fingerprint density at radius 3 is 2.25 bits per heavy atom. The molecule has 0 saturated carbocycles. The van der Waals surface area contributed by atoms with E-state index in [1.807, 2.05) is 0 Å². The molecular weight excluding hydrogens is 242 g/mol. The van der Waals surface area contributed by atoms with Gasteiger partial charge in [-0.2, -0.15) is 0 Å². The predicted octanol–water partition coefficient (Wildman–Crippen LogP) is 4.12. The molecule has 1 unspecified atom stereocenters. The predicted molar refractivity (Wildman–Crippen MR) is 85.9 cm³/mol. The summed E-state index contributed by atoms with van der Waals surface area (Å²) >= 11 is 0. The van der Waals surface area contributed by atoms with Gasteiger partial charge in [-0.05, 0) is 34.9 Å². The molecular formula is C19H19N. The van der Waals surface area contributed by atoms with Gasteiger partial charge in [0.25, 0.3) is 0 Å². The zero-order chi connectivity index (χ0) is 13.8. The summed E-state index contributed by atoms with van der Waals surface area (Å²) in [6.45, 7) is 0.670. The van der Waals surface area contributed by atoms with Gasteiger partial charge in [0.05, 0.1) is 0 Å². The molecule has 1 nitrogen and oxygen atoms in total. The standard InChI is InChI=1S/C19H19N/c20-14-17(13-15-7-2-1-3-8-15)19-12-6-10-16-9-4-5-11-18(16)19/h1-12,17H,13-14,20H2. The monoisotopic (exact) mass is 261 g/mol. The molecule has 2 N–H and O–H groups in total. The van der Waals surface area contributed by atoms with E-state index in [1.54, 1.807) is 0 Å². The van der Waals surface area contributed by atoms with Gasteiger partial charge in [-0.25, -0.2) is 0 Å². The summed E-state index contributed by atoms with van der Waals surface area (Å²) in [4.78, 5) is 0. The van der Waals surface area contributed by atoms with Crippen LogP contribution < -0.4 is 5.73 Å². The molecule has 1 heteroatoms. The third-order valence-electron chi connectivity index (χ3n) is 3.87. The van der Waals surface area contributed by atoms with E-state index in [-0.39, 0.29) is 0 Å². The van der Waals surface area contributed by atoms with Gasteiger partial charge in [0.15, 0.2) is 0 Å². The highest BCUT2D eigenvalue weighted by atomic mass is 14.5. The Morgan fingerprint density at radius 2 is 1.45 bits per heavy atom. The molecule has 0 fully saturated rings. The third-order valence-corrected chi connectivity index (χ3v) is 3.87. The van der Waals surface area contributed by atoms with E-state index in [9.17, 15) is 0 Å². The van der Waals surface area contributed by atoms with Crippen LogP contribution in [0.5, 0.6) is 0 Å². The number of fused-ring (bicyclic) bond motifs is 1. The normalized spacial score (nSPS) is 12.4. The average Bonchev–Trinajstić information content (AvgIpc) is 2.53. The van der Waals surface area contributed by atoms with E-state index in [0.29, 0.717) is 12.5 Å². The second-order valence-electron chi connectivity index (χ2n) is 5.19. The number of nitrogens with two attached hydrogens (primary N) is 1. The van der Waals surface area contributed by atoms with Crippen LogP contribution in [0.15, 0.2) is 72.8 Å². The van der Waals surface area contributed by atoms with Crippen LogP contribution >= 0.6 is 0 Å². The Morgan fingerprint density at radius 1 is 0.750 bits per heavy atom. The van der Waals surface area contributed by atoms with Crippen LogP contribution in [0.3, 0.4) is 0 Å². The van der Waals surface area contributed by atoms with Crippen molar-refractivity contribution in [3.63, 3.8) is 0 Å². The molecule has 20 heavy (non-hydrogen) atoms. The lowest BCUT2D eigenvalue weighted by Gasteiger charge is -2.17. The van der Waals surface area contributed by atoms with Gasteiger partial charge in [0, 0.05) is 5.92 Å². The van der Waals surface area contributed by atoms with Crippen molar-refractivity contribution in [1.82, 2.24) is 0 Å². The molecule has 0 amide bonds. The van der Waals surface area contributed by atoms with Crippen LogP contribution in [-0.4, -0.2) is 6.54 Å². The molecule has 0 aliphatic carbocycles. The maximum Gasteiger partial charge on any atom is 0.000772 e. The molecule has 0 aliphatic heterocycles. The van der Waals surface area contributed by atoms with Gasteiger partial charge >= 0.3 is 0 Å². The number of hydrogen-bond acceptors (Lipinski definition) is 1. The minimum atomic E-state index is 0.364.